The predicted octanol–water partition coefficient (Wildman–Crippen LogP) is 1.85. The van der Waals surface area contributed by atoms with Crippen molar-refractivity contribution >= 4 is 0 Å². The molecule has 0 spiro atoms. The van der Waals surface area contributed by atoms with E-state index in [2.05, 4.69) is 15.2 Å². The molecule has 0 unspecified atom stereocenters. The van der Waals surface area contributed by atoms with Crippen LogP contribution in [0, 0.1) is 11.3 Å². The second-order valence-electron chi connectivity index (χ2n) is 3.93. The number of hydrogen-bond acceptors (Lipinski definition) is 5. The molecule has 1 aromatic carbocycles. The minimum atomic E-state index is 0.145. The molecule has 6 nitrogen and oxygen atoms in total. The molecule has 19 heavy (non-hydrogen) atoms. The Morgan fingerprint density at radius 2 is 2.11 bits per heavy atom. The zero-order chi connectivity index (χ0) is 13.1. The highest BCUT2D eigenvalue weighted by atomic mass is 16.5. The number of nitriles is 1. The third-order valence-corrected chi connectivity index (χ3v) is 2.58. The summed E-state index contributed by atoms with van der Waals surface area (Å²) >= 11 is 0. The van der Waals surface area contributed by atoms with Crippen LogP contribution in [0.25, 0.3) is 11.3 Å². The lowest BCUT2D eigenvalue weighted by Gasteiger charge is -1.93. The lowest BCUT2D eigenvalue weighted by molar-refractivity contribution is 0.419. The van der Waals surface area contributed by atoms with Crippen LogP contribution < -0.4 is 0 Å². The summed E-state index contributed by atoms with van der Waals surface area (Å²) in [5.74, 6) is 0.850. The topological polar surface area (TPSA) is 80.5 Å². The van der Waals surface area contributed by atoms with Gasteiger partial charge in [0, 0.05) is 11.6 Å². The fourth-order valence-electron chi connectivity index (χ4n) is 1.71. The van der Waals surface area contributed by atoms with E-state index in [0.29, 0.717) is 12.3 Å². The number of rotatable bonds is 3. The Hall–Kier alpha value is -2.94. The van der Waals surface area contributed by atoms with Gasteiger partial charge in [-0.2, -0.15) is 5.26 Å². The molecule has 3 rings (SSSR count). The van der Waals surface area contributed by atoms with E-state index in [-0.39, 0.29) is 5.82 Å². The van der Waals surface area contributed by atoms with Gasteiger partial charge in [0.25, 0.3) is 5.82 Å². The average molecular weight is 251 g/mol. The minimum absolute atomic E-state index is 0.145. The monoisotopic (exact) mass is 251 g/mol. The highest BCUT2D eigenvalue weighted by Gasteiger charge is 2.08. The third-order valence-electron chi connectivity index (χ3n) is 2.58. The summed E-state index contributed by atoms with van der Waals surface area (Å²) in [5.41, 5.74) is 1.70. The van der Waals surface area contributed by atoms with Crippen molar-refractivity contribution in [1.82, 2.24) is 19.9 Å². The highest BCUT2D eigenvalue weighted by Crippen LogP contribution is 2.19. The van der Waals surface area contributed by atoms with Crippen LogP contribution in [0.5, 0.6) is 0 Å². The maximum atomic E-state index is 8.65. The molecule has 3 aromatic rings. The van der Waals surface area contributed by atoms with Crippen LogP contribution in [0.15, 0.2) is 47.2 Å². The zero-order valence-electron chi connectivity index (χ0n) is 9.89. The lowest BCUT2D eigenvalue weighted by Crippen LogP contribution is -2.00. The van der Waals surface area contributed by atoms with E-state index >= 15 is 0 Å². The second-order valence-corrected chi connectivity index (χ2v) is 3.93. The lowest BCUT2D eigenvalue weighted by atomic mass is 10.2. The van der Waals surface area contributed by atoms with E-state index in [1.807, 2.05) is 42.5 Å². The van der Waals surface area contributed by atoms with Crippen LogP contribution >= 0.6 is 0 Å². The van der Waals surface area contributed by atoms with Gasteiger partial charge in [-0.3, -0.25) is 0 Å². The first-order chi connectivity index (χ1) is 9.35. The van der Waals surface area contributed by atoms with Crippen molar-refractivity contribution in [2.24, 2.45) is 0 Å². The Bertz CT molecular complexity index is 723. The molecular weight excluding hydrogens is 242 g/mol. The number of benzene rings is 1. The van der Waals surface area contributed by atoms with Gasteiger partial charge in [0.15, 0.2) is 5.76 Å². The molecule has 0 N–H and O–H groups in total. The maximum absolute atomic E-state index is 8.65. The SMILES string of the molecule is N#Cc1ncn(Cc2cc(-c3ccccc3)on2)n1. The summed E-state index contributed by atoms with van der Waals surface area (Å²) in [4.78, 5) is 3.83. The van der Waals surface area contributed by atoms with E-state index in [4.69, 9.17) is 9.78 Å². The summed E-state index contributed by atoms with van der Waals surface area (Å²) in [6.07, 6.45) is 1.50. The van der Waals surface area contributed by atoms with Crippen molar-refractivity contribution < 1.29 is 4.52 Å². The van der Waals surface area contributed by atoms with Gasteiger partial charge in [-0.1, -0.05) is 35.5 Å². The Morgan fingerprint density at radius 3 is 2.84 bits per heavy atom. The Morgan fingerprint density at radius 1 is 1.26 bits per heavy atom. The van der Waals surface area contributed by atoms with Crippen molar-refractivity contribution in [3.05, 3.63) is 54.2 Å². The van der Waals surface area contributed by atoms with Gasteiger partial charge in [-0.05, 0) is 0 Å². The zero-order valence-corrected chi connectivity index (χ0v) is 9.89. The van der Waals surface area contributed by atoms with E-state index < -0.39 is 0 Å². The maximum Gasteiger partial charge on any atom is 0.252 e. The highest BCUT2D eigenvalue weighted by molar-refractivity contribution is 5.56. The molecule has 2 heterocycles. The fourth-order valence-corrected chi connectivity index (χ4v) is 1.71. The summed E-state index contributed by atoms with van der Waals surface area (Å²) in [7, 11) is 0. The molecule has 0 atom stereocenters. The van der Waals surface area contributed by atoms with Crippen LogP contribution in [-0.4, -0.2) is 19.9 Å². The Balaban J connectivity index is 1.80. The molecule has 0 aliphatic rings. The van der Waals surface area contributed by atoms with Crippen LogP contribution in [-0.2, 0) is 6.54 Å². The minimum Gasteiger partial charge on any atom is -0.356 e. The standard InChI is InChI=1S/C13H9N5O/c14-7-13-15-9-18(16-13)8-11-6-12(19-17-11)10-4-2-1-3-5-10/h1-6,9H,8H2. The number of nitrogens with zero attached hydrogens (tertiary/aromatic N) is 5. The van der Waals surface area contributed by atoms with E-state index in [1.54, 1.807) is 4.68 Å². The smallest absolute Gasteiger partial charge is 0.252 e. The van der Waals surface area contributed by atoms with Crippen molar-refractivity contribution in [3.63, 3.8) is 0 Å². The molecule has 0 fully saturated rings. The van der Waals surface area contributed by atoms with Crippen LogP contribution in [0.4, 0.5) is 0 Å². The van der Waals surface area contributed by atoms with Crippen molar-refractivity contribution in [2.45, 2.75) is 6.54 Å². The first-order valence-electron chi connectivity index (χ1n) is 5.66. The quantitative estimate of drug-likeness (QED) is 0.709. The van der Waals surface area contributed by atoms with Crippen molar-refractivity contribution in [2.75, 3.05) is 0 Å². The Labute approximate surface area is 108 Å². The molecule has 0 aliphatic heterocycles. The predicted molar refractivity (Wildman–Crippen MR) is 65.8 cm³/mol. The first-order valence-corrected chi connectivity index (χ1v) is 5.66. The summed E-state index contributed by atoms with van der Waals surface area (Å²) in [6.45, 7) is 0.422. The van der Waals surface area contributed by atoms with E-state index in [9.17, 15) is 0 Å². The van der Waals surface area contributed by atoms with Crippen LogP contribution in [0.2, 0.25) is 0 Å². The summed E-state index contributed by atoms with van der Waals surface area (Å²) in [5, 5.41) is 16.6. The summed E-state index contributed by atoms with van der Waals surface area (Å²) in [6, 6.07) is 13.5. The van der Waals surface area contributed by atoms with E-state index in [1.165, 1.54) is 6.33 Å². The molecule has 0 saturated heterocycles. The molecule has 92 valence electrons. The summed E-state index contributed by atoms with van der Waals surface area (Å²) < 4.78 is 6.83. The normalized spacial score (nSPS) is 10.3. The molecule has 0 bridgehead atoms. The third kappa shape index (κ3) is 2.35. The van der Waals surface area contributed by atoms with Gasteiger partial charge in [-0.15, -0.1) is 5.10 Å². The van der Waals surface area contributed by atoms with Crippen molar-refractivity contribution in [1.29, 1.82) is 5.26 Å². The molecule has 0 radical (unpaired) electrons. The molecule has 2 aromatic heterocycles. The molecule has 0 aliphatic carbocycles. The molecular formula is C13H9N5O. The van der Waals surface area contributed by atoms with Gasteiger partial charge in [0.1, 0.15) is 18.1 Å². The van der Waals surface area contributed by atoms with Gasteiger partial charge in [-0.25, -0.2) is 9.67 Å². The van der Waals surface area contributed by atoms with Crippen LogP contribution in [0.1, 0.15) is 11.5 Å². The first kappa shape index (κ1) is 11.2. The number of aromatic nitrogens is 4. The molecule has 0 amide bonds. The average Bonchev–Trinajstić information content (AvgIpc) is 3.09. The fraction of sp³-hybridized carbons (Fsp3) is 0.0769. The van der Waals surface area contributed by atoms with Crippen LogP contribution in [0.3, 0.4) is 0 Å². The molecule has 6 heteroatoms. The van der Waals surface area contributed by atoms with Gasteiger partial charge in [0.2, 0.25) is 0 Å². The van der Waals surface area contributed by atoms with Gasteiger partial charge < -0.3 is 4.52 Å². The van der Waals surface area contributed by atoms with Crippen molar-refractivity contribution in [3.8, 4) is 17.4 Å². The largest absolute Gasteiger partial charge is 0.356 e. The number of hydrogen-bond donors (Lipinski definition) is 0. The second kappa shape index (κ2) is 4.74. The van der Waals surface area contributed by atoms with E-state index in [0.717, 1.165) is 11.3 Å². The molecule has 0 saturated carbocycles. The van der Waals surface area contributed by atoms with Gasteiger partial charge in [0.05, 0.1) is 6.54 Å². The van der Waals surface area contributed by atoms with Gasteiger partial charge >= 0.3 is 0 Å². The Kier molecular flexibility index (Phi) is 2.79.